The normalized spacial score (nSPS) is 13.3. The third kappa shape index (κ3) is 2.45. The van der Waals surface area contributed by atoms with E-state index in [0.29, 0.717) is 39.4 Å². The highest BCUT2D eigenvalue weighted by molar-refractivity contribution is 6.22. The van der Waals surface area contributed by atoms with E-state index in [1.807, 2.05) is 30.3 Å². The second kappa shape index (κ2) is 6.16. The molecule has 9 nitrogen and oxygen atoms in total. The van der Waals surface area contributed by atoms with Crippen molar-refractivity contribution in [3.63, 3.8) is 0 Å². The molecule has 0 atom stereocenters. The molecule has 0 amide bonds. The quantitative estimate of drug-likeness (QED) is 0.376. The Balaban J connectivity index is 1.83. The van der Waals surface area contributed by atoms with Crippen LogP contribution in [0.1, 0.15) is 17.0 Å². The van der Waals surface area contributed by atoms with Crippen LogP contribution in [0, 0.1) is 10.1 Å². The lowest BCUT2D eigenvalue weighted by Gasteiger charge is -2.11. The maximum Gasteiger partial charge on any atom is 0.295 e. The highest BCUT2D eigenvalue weighted by Crippen LogP contribution is 2.37. The van der Waals surface area contributed by atoms with E-state index < -0.39 is 4.92 Å². The summed E-state index contributed by atoms with van der Waals surface area (Å²) in [6.07, 6.45) is 6.66. The highest BCUT2D eigenvalue weighted by Gasteiger charge is 2.25. The summed E-state index contributed by atoms with van der Waals surface area (Å²) in [6.45, 7) is 0. The van der Waals surface area contributed by atoms with Gasteiger partial charge in [0, 0.05) is 35.8 Å². The zero-order chi connectivity index (χ0) is 19.1. The third-order valence-electron chi connectivity index (χ3n) is 4.54. The standard InChI is InChI=1S/C19H13N7O2/c27-26(28)15-8-12-16(11-4-2-1-3-5-11)24-14(19-20-6-7-21-19)10-22-17(12)13-9-23-25-18(13)15/h1-10,22H,(H,20,21)(H,23,25). The van der Waals surface area contributed by atoms with Crippen LogP contribution in [0.25, 0.3) is 16.6 Å². The lowest BCUT2D eigenvalue weighted by atomic mass is 9.98. The molecule has 0 unspecified atom stereocenters. The van der Waals surface area contributed by atoms with Crippen molar-refractivity contribution in [1.29, 1.82) is 0 Å². The third-order valence-corrected chi connectivity index (χ3v) is 4.54. The van der Waals surface area contributed by atoms with Gasteiger partial charge in [0.05, 0.1) is 27.9 Å². The van der Waals surface area contributed by atoms with Gasteiger partial charge in [-0.15, -0.1) is 0 Å². The number of H-pyrrole nitrogens is 2. The Labute approximate surface area is 158 Å². The number of aromatic nitrogens is 4. The fraction of sp³-hybridized carbons (Fsp3) is 0. The second-order valence-electron chi connectivity index (χ2n) is 6.17. The number of hydrogen-bond acceptors (Lipinski definition) is 6. The summed E-state index contributed by atoms with van der Waals surface area (Å²) in [7, 11) is 0. The molecule has 3 heterocycles. The van der Waals surface area contributed by atoms with E-state index in [1.54, 1.807) is 24.8 Å². The van der Waals surface area contributed by atoms with Gasteiger partial charge in [0.25, 0.3) is 5.69 Å². The van der Waals surface area contributed by atoms with Crippen molar-refractivity contribution in [1.82, 2.24) is 20.2 Å². The number of benzene rings is 2. The van der Waals surface area contributed by atoms with Crippen molar-refractivity contribution in [3.05, 3.63) is 88.3 Å². The maximum atomic E-state index is 11.6. The van der Waals surface area contributed by atoms with Crippen molar-refractivity contribution in [2.45, 2.75) is 0 Å². The van der Waals surface area contributed by atoms with E-state index in [0.717, 1.165) is 5.56 Å². The minimum Gasteiger partial charge on any atom is -0.358 e. The van der Waals surface area contributed by atoms with Crippen LogP contribution in [0.3, 0.4) is 0 Å². The number of non-ortho nitro benzene ring substituents is 1. The van der Waals surface area contributed by atoms with Crippen molar-refractivity contribution >= 4 is 33.7 Å². The summed E-state index contributed by atoms with van der Waals surface area (Å²) in [6, 6.07) is 11.1. The first kappa shape index (κ1) is 15.9. The average molecular weight is 371 g/mol. The minimum absolute atomic E-state index is 0.0573. The molecule has 5 rings (SSSR count). The zero-order valence-corrected chi connectivity index (χ0v) is 14.4. The zero-order valence-electron chi connectivity index (χ0n) is 14.4. The SMILES string of the molecule is O=[N+]([O-])c1cc2c(c3cn[nH]c13)NC=C(c1ncc[nH]1)N=C2c1ccccc1. The molecular weight excluding hydrogens is 358 g/mol. The summed E-state index contributed by atoms with van der Waals surface area (Å²) >= 11 is 0. The lowest BCUT2D eigenvalue weighted by molar-refractivity contribution is -0.383. The van der Waals surface area contributed by atoms with Crippen molar-refractivity contribution in [2.24, 2.45) is 4.99 Å². The Bertz CT molecular complexity index is 1250. The molecule has 9 heteroatoms. The maximum absolute atomic E-state index is 11.6. The van der Waals surface area contributed by atoms with Gasteiger partial charge in [0.1, 0.15) is 11.2 Å². The van der Waals surface area contributed by atoms with Crippen LogP contribution in [-0.4, -0.2) is 30.8 Å². The van der Waals surface area contributed by atoms with Gasteiger partial charge in [-0.2, -0.15) is 5.10 Å². The largest absolute Gasteiger partial charge is 0.358 e. The first-order valence-electron chi connectivity index (χ1n) is 8.48. The van der Waals surface area contributed by atoms with Gasteiger partial charge in [-0.3, -0.25) is 15.2 Å². The Hall–Kier alpha value is -4.27. The number of aliphatic imine (C=N–C) groups is 1. The van der Waals surface area contributed by atoms with Crippen LogP contribution >= 0.6 is 0 Å². The molecule has 0 spiro atoms. The number of nitrogens with one attached hydrogen (secondary N) is 3. The fourth-order valence-electron chi connectivity index (χ4n) is 3.28. The highest BCUT2D eigenvalue weighted by atomic mass is 16.6. The van der Waals surface area contributed by atoms with Crippen molar-refractivity contribution in [2.75, 3.05) is 5.32 Å². The summed E-state index contributed by atoms with van der Waals surface area (Å²) < 4.78 is 0. The predicted octanol–water partition coefficient (Wildman–Crippen LogP) is 3.46. The van der Waals surface area contributed by atoms with Crippen molar-refractivity contribution in [3.8, 4) is 0 Å². The fourth-order valence-corrected chi connectivity index (χ4v) is 3.28. The van der Waals surface area contributed by atoms with Gasteiger partial charge in [-0.05, 0) is 0 Å². The summed E-state index contributed by atoms with van der Waals surface area (Å²) in [5.74, 6) is 0.590. The van der Waals surface area contributed by atoms with Gasteiger partial charge < -0.3 is 10.3 Å². The molecule has 1 aliphatic rings. The molecule has 2 aromatic carbocycles. The molecule has 0 aliphatic carbocycles. The van der Waals surface area contributed by atoms with E-state index in [9.17, 15) is 10.1 Å². The monoisotopic (exact) mass is 371 g/mol. The smallest absolute Gasteiger partial charge is 0.295 e. The molecule has 4 aromatic rings. The van der Waals surface area contributed by atoms with E-state index in [-0.39, 0.29) is 5.69 Å². The average Bonchev–Trinajstić information content (AvgIpc) is 3.38. The van der Waals surface area contributed by atoms with Gasteiger partial charge in [0.2, 0.25) is 0 Å². The topological polar surface area (TPSA) is 125 Å². The molecule has 2 aromatic heterocycles. The van der Waals surface area contributed by atoms with E-state index in [1.165, 1.54) is 6.07 Å². The lowest BCUT2D eigenvalue weighted by Crippen LogP contribution is -2.07. The molecule has 0 saturated heterocycles. The van der Waals surface area contributed by atoms with Gasteiger partial charge in [0.15, 0.2) is 5.82 Å². The Kier molecular flexibility index (Phi) is 3.51. The molecule has 0 radical (unpaired) electrons. The first-order valence-corrected chi connectivity index (χ1v) is 8.48. The first-order chi connectivity index (χ1) is 13.7. The number of nitro groups is 1. The van der Waals surface area contributed by atoms with Crippen LogP contribution in [0.4, 0.5) is 11.4 Å². The molecule has 0 bridgehead atoms. The van der Waals surface area contributed by atoms with Crippen LogP contribution < -0.4 is 5.32 Å². The van der Waals surface area contributed by atoms with Crippen LogP contribution in [-0.2, 0) is 0 Å². The predicted molar refractivity (Wildman–Crippen MR) is 105 cm³/mol. The molecule has 0 fully saturated rings. The van der Waals surface area contributed by atoms with Crippen LogP contribution in [0.15, 0.2) is 66.2 Å². The van der Waals surface area contributed by atoms with E-state index >= 15 is 0 Å². The van der Waals surface area contributed by atoms with Gasteiger partial charge >= 0.3 is 0 Å². The van der Waals surface area contributed by atoms with E-state index in [2.05, 4.69) is 25.5 Å². The molecule has 28 heavy (non-hydrogen) atoms. The number of aromatic amines is 2. The number of rotatable bonds is 3. The number of imidazole rings is 1. The number of fused-ring (bicyclic) bond motifs is 3. The summed E-state index contributed by atoms with van der Waals surface area (Å²) in [4.78, 5) is 23.3. The second-order valence-corrected chi connectivity index (χ2v) is 6.17. The number of nitrogens with zero attached hydrogens (tertiary/aromatic N) is 4. The van der Waals surface area contributed by atoms with E-state index in [4.69, 9.17) is 4.99 Å². The molecule has 136 valence electrons. The van der Waals surface area contributed by atoms with Gasteiger partial charge in [-0.1, -0.05) is 30.3 Å². The number of anilines is 1. The minimum atomic E-state index is -0.421. The Morgan fingerprint density at radius 1 is 1.14 bits per heavy atom. The van der Waals surface area contributed by atoms with Crippen LogP contribution in [0.2, 0.25) is 0 Å². The van der Waals surface area contributed by atoms with Crippen molar-refractivity contribution < 1.29 is 4.92 Å². The Morgan fingerprint density at radius 2 is 2.00 bits per heavy atom. The molecule has 1 aliphatic heterocycles. The molecular formula is C19H13N7O2. The molecule has 3 N–H and O–H groups in total. The summed E-state index contributed by atoms with van der Waals surface area (Å²) in [5, 5.41) is 22.2. The number of nitro benzene ring substituents is 1. The molecule has 0 saturated carbocycles. The van der Waals surface area contributed by atoms with Crippen LogP contribution in [0.5, 0.6) is 0 Å². The van der Waals surface area contributed by atoms with Gasteiger partial charge in [-0.25, -0.2) is 9.98 Å². The Morgan fingerprint density at radius 3 is 2.75 bits per heavy atom. The number of hydrogen-bond donors (Lipinski definition) is 3. The summed E-state index contributed by atoms with van der Waals surface area (Å²) in [5.41, 5.74) is 3.63.